The first-order chi connectivity index (χ1) is 14.0. The molecule has 0 bridgehead atoms. The van der Waals surface area contributed by atoms with Gasteiger partial charge in [-0.05, 0) is 23.3 Å². The van der Waals surface area contributed by atoms with Gasteiger partial charge in [0.15, 0.2) is 0 Å². The minimum absolute atomic E-state index is 0.104. The minimum Gasteiger partial charge on any atom is -0.344 e. The molecule has 29 heavy (non-hydrogen) atoms. The van der Waals surface area contributed by atoms with Gasteiger partial charge in [-0.2, -0.15) is 0 Å². The van der Waals surface area contributed by atoms with Crippen molar-refractivity contribution in [2.24, 2.45) is 0 Å². The summed E-state index contributed by atoms with van der Waals surface area (Å²) >= 11 is 0. The van der Waals surface area contributed by atoms with Crippen LogP contribution in [0.1, 0.15) is 27.5 Å². The first-order valence-electron chi connectivity index (χ1n) is 8.96. The summed E-state index contributed by atoms with van der Waals surface area (Å²) in [5.41, 5.74) is 1.99. The summed E-state index contributed by atoms with van der Waals surface area (Å²) in [6.45, 7) is -0.216. The highest BCUT2D eigenvalue weighted by Crippen LogP contribution is 2.21. The van der Waals surface area contributed by atoms with Crippen LogP contribution in [0.3, 0.4) is 0 Å². The molecule has 146 valence electrons. The van der Waals surface area contributed by atoms with Crippen molar-refractivity contribution in [2.75, 3.05) is 6.54 Å². The average molecular weight is 389 g/mol. The molecule has 0 aliphatic heterocycles. The Hall–Kier alpha value is -4.00. The molecule has 0 saturated carbocycles. The number of carbonyl (C=O) groups is 2. The largest absolute Gasteiger partial charge is 0.344 e. The van der Waals surface area contributed by atoms with Gasteiger partial charge in [-0.25, -0.2) is 0 Å². The van der Waals surface area contributed by atoms with Gasteiger partial charge in [0.05, 0.1) is 17.5 Å². The molecular formula is C22H19N3O4. The Bertz CT molecular complexity index is 950. The fourth-order valence-electron chi connectivity index (χ4n) is 2.86. The minimum atomic E-state index is -0.539. The molecule has 0 fully saturated rings. The summed E-state index contributed by atoms with van der Waals surface area (Å²) in [5, 5.41) is 16.2. The van der Waals surface area contributed by atoms with Crippen LogP contribution in [0.4, 0.5) is 5.69 Å². The standard InChI is InChI=1S/C22H19N3O4/c26-20(15-23-22(27)18-11-13-19(14-12-18)25(28)29)24-21(16-7-3-1-4-8-16)17-9-5-2-6-10-17/h1-14,21H,15H2,(H,23,27)(H,24,26). The van der Waals surface area contributed by atoms with Crippen molar-refractivity contribution >= 4 is 17.5 Å². The van der Waals surface area contributed by atoms with Gasteiger partial charge in [-0.15, -0.1) is 0 Å². The van der Waals surface area contributed by atoms with E-state index in [-0.39, 0.29) is 29.7 Å². The number of benzene rings is 3. The molecule has 0 radical (unpaired) electrons. The first kappa shape index (κ1) is 19.8. The highest BCUT2D eigenvalue weighted by molar-refractivity contribution is 5.96. The fraction of sp³-hybridized carbons (Fsp3) is 0.0909. The third-order valence-corrected chi connectivity index (χ3v) is 4.32. The smallest absolute Gasteiger partial charge is 0.269 e. The molecule has 0 spiro atoms. The first-order valence-corrected chi connectivity index (χ1v) is 8.96. The van der Waals surface area contributed by atoms with Gasteiger partial charge in [-0.1, -0.05) is 60.7 Å². The van der Waals surface area contributed by atoms with Crippen molar-refractivity contribution in [3.05, 3.63) is 112 Å². The molecule has 3 aromatic rings. The van der Waals surface area contributed by atoms with E-state index in [1.165, 1.54) is 24.3 Å². The third-order valence-electron chi connectivity index (χ3n) is 4.32. The SMILES string of the molecule is O=C(CNC(=O)c1ccc([N+](=O)[O-])cc1)NC(c1ccccc1)c1ccccc1. The molecule has 2 N–H and O–H groups in total. The molecule has 0 unspecified atom stereocenters. The Morgan fingerprint density at radius 1 is 0.828 bits per heavy atom. The van der Waals surface area contributed by atoms with E-state index >= 15 is 0 Å². The highest BCUT2D eigenvalue weighted by atomic mass is 16.6. The number of nitro groups is 1. The normalized spacial score (nSPS) is 10.4. The van der Waals surface area contributed by atoms with Gasteiger partial charge in [0, 0.05) is 17.7 Å². The average Bonchev–Trinajstić information content (AvgIpc) is 2.77. The van der Waals surface area contributed by atoms with Crippen LogP contribution in [0.5, 0.6) is 0 Å². The Kier molecular flexibility index (Phi) is 6.32. The van der Waals surface area contributed by atoms with Crippen molar-refractivity contribution in [3.63, 3.8) is 0 Å². The van der Waals surface area contributed by atoms with E-state index in [0.717, 1.165) is 11.1 Å². The van der Waals surface area contributed by atoms with Crippen LogP contribution in [-0.2, 0) is 4.79 Å². The maximum absolute atomic E-state index is 12.5. The summed E-state index contributed by atoms with van der Waals surface area (Å²) in [6, 6.07) is 23.9. The topological polar surface area (TPSA) is 101 Å². The number of hydrogen-bond acceptors (Lipinski definition) is 4. The van der Waals surface area contributed by atoms with Crippen LogP contribution in [0.2, 0.25) is 0 Å². The number of nitrogens with zero attached hydrogens (tertiary/aromatic N) is 1. The maximum atomic E-state index is 12.5. The van der Waals surface area contributed by atoms with E-state index in [4.69, 9.17) is 0 Å². The lowest BCUT2D eigenvalue weighted by atomic mass is 9.99. The summed E-state index contributed by atoms with van der Waals surface area (Å²) in [5.74, 6) is -0.830. The Morgan fingerprint density at radius 2 is 1.34 bits per heavy atom. The lowest BCUT2D eigenvalue weighted by Gasteiger charge is -2.20. The quantitative estimate of drug-likeness (QED) is 0.478. The molecule has 2 amide bonds. The van der Waals surface area contributed by atoms with Crippen molar-refractivity contribution in [2.45, 2.75) is 6.04 Å². The molecule has 7 nitrogen and oxygen atoms in total. The Morgan fingerprint density at radius 3 is 1.83 bits per heavy atom. The summed E-state index contributed by atoms with van der Waals surface area (Å²) < 4.78 is 0. The number of nitrogens with one attached hydrogen (secondary N) is 2. The molecule has 0 saturated heterocycles. The van der Waals surface area contributed by atoms with E-state index in [2.05, 4.69) is 10.6 Å². The zero-order valence-corrected chi connectivity index (χ0v) is 15.4. The van der Waals surface area contributed by atoms with Crippen LogP contribution in [-0.4, -0.2) is 23.3 Å². The fourth-order valence-corrected chi connectivity index (χ4v) is 2.86. The predicted octanol–water partition coefficient (Wildman–Crippen LogP) is 3.23. The second-order valence-corrected chi connectivity index (χ2v) is 6.31. The molecule has 3 rings (SSSR count). The zero-order chi connectivity index (χ0) is 20.6. The van der Waals surface area contributed by atoms with Crippen LogP contribution in [0.15, 0.2) is 84.9 Å². The van der Waals surface area contributed by atoms with E-state index in [1.807, 2.05) is 60.7 Å². The number of hydrogen-bond donors (Lipinski definition) is 2. The van der Waals surface area contributed by atoms with E-state index < -0.39 is 10.8 Å². The Balaban J connectivity index is 1.64. The van der Waals surface area contributed by atoms with Gasteiger partial charge in [0.1, 0.15) is 0 Å². The van der Waals surface area contributed by atoms with Gasteiger partial charge in [0.25, 0.3) is 11.6 Å². The number of rotatable bonds is 7. The van der Waals surface area contributed by atoms with E-state index in [0.29, 0.717) is 0 Å². The molecule has 0 aliphatic rings. The molecule has 0 atom stereocenters. The van der Waals surface area contributed by atoms with Crippen molar-refractivity contribution in [1.29, 1.82) is 0 Å². The number of nitro benzene ring substituents is 1. The van der Waals surface area contributed by atoms with Crippen LogP contribution >= 0.6 is 0 Å². The summed E-state index contributed by atoms with van der Waals surface area (Å²) in [7, 11) is 0. The molecule has 0 aromatic heterocycles. The number of non-ortho nitro benzene ring substituents is 1. The zero-order valence-electron chi connectivity index (χ0n) is 15.4. The lowest BCUT2D eigenvalue weighted by Crippen LogP contribution is -2.39. The predicted molar refractivity (Wildman–Crippen MR) is 108 cm³/mol. The molecule has 7 heteroatoms. The van der Waals surface area contributed by atoms with Crippen LogP contribution in [0, 0.1) is 10.1 Å². The molecular weight excluding hydrogens is 370 g/mol. The molecule has 3 aromatic carbocycles. The Labute approximate surface area is 167 Å². The van der Waals surface area contributed by atoms with Gasteiger partial charge in [-0.3, -0.25) is 19.7 Å². The number of amides is 2. The van der Waals surface area contributed by atoms with Gasteiger partial charge in [0.2, 0.25) is 5.91 Å². The number of carbonyl (C=O) groups excluding carboxylic acids is 2. The van der Waals surface area contributed by atoms with Crippen molar-refractivity contribution in [1.82, 2.24) is 10.6 Å². The van der Waals surface area contributed by atoms with E-state index in [1.54, 1.807) is 0 Å². The second-order valence-electron chi connectivity index (χ2n) is 6.31. The molecule has 0 heterocycles. The van der Waals surface area contributed by atoms with Gasteiger partial charge >= 0.3 is 0 Å². The summed E-state index contributed by atoms with van der Waals surface area (Å²) in [6.07, 6.45) is 0. The van der Waals surface area contributed by atoms with Crippen molar-refractivity contribution < 1.29 is 14.5 Å². The second kappa shape index (κ2) is 9.27. The maximum Gasteiger partial charge on any atom is 0.269 e. The monoisotopic (exact) mass is 389 g/mol. The lowest BCUT2D eigenvalue weighted by molar-refractivity contribution is -0.384. The highest BCUT2D eigenvalue weighted by Gasteiger charge is 2.17. The van der Waals surface area contributed by atoms with Crippen LogP contribution in [0.25, 0.3) is 0 Å². The van der Waals surface area contributed by atoms with E-state index in [9.17, 15) is 19.7 Å². The summed E-state index contributed by atoms with van der Waals surface area (Å²) in [4.78, 5) is 34.8. The van der Waals surface area contributed by atoms with Crippen LogP contribution < -0.4 is 10.6 Å². The third kappa shape index (κ3) is 5.26. The van der Waals surface area contributed by atoms with Crippen molar-refractivity contribution in [3.8, 4) is 0 Å². The van der Waals surface area contributed by atoms with Gasteiger partial charge < -0.3 is 10.6 Å². The molecule has 0 aliphatic carbocycles.